The summed E-state index contributed by atoms with van der Waals surface area (Å²) in [6.07, 6.45) is 24.7. The number of aromatic hydroxyl groups is 3. The van der Waals surface area contributed by atoms with E-state index in [9.17, 15) is 30.0 Å². The first-order valence-corrected chi connectivity index (χ1v) is 30.8. The molecule has 0 radical (unpaired) electrons. The standard InChI is InChI=1S/C73H78N4O10/c1-45-13-8-9-23-72(45)26-20-58(86-47(3)79)37-57(82)39-64(52-34-66(83)70(67(35-52)85-4)87-59-31-49(30-56(81)38-59)29-48-14-6-5-7-15-48)77-44-62-63(19-18-60-69(62)65(77)41-73(71(60)84)24-10-11-25-73)76(28-22-46(2)78)68-36-51(21-27-75-68)61(50-16-12-17-55(80)32-50)33-53-42-74-43-54(53)40-72/h5-9,12-19,21,23,30-32,34-36,38,42-45,58,61,64,71,74-75,80-81,83-84H,10-11,20,22,24-29,33,37,39-41H2,1-4H3/t45-,58-,61-,64-,71-,72+/m1/s1. The number of allylic oxidation sites excluding steroid dienone is 6. The average molecular weight is 1170 g/mol. The number of methoxy groups -OCH3 is 1. The van der Waals surface area contributed by atoms with E-state index >= 15 is 4.79 Å². The van der Waals surface area contributed by atoms with Gasteiger partial charge < -0.3 is 54.4 Å². The third kappa shape index (κ3) is 12.1. The number of Topliss-reactive ketones (excluding diaryl/α,β-unsaturated/α-hetero) is 2. The molecule has 450 valence electrons. The lowest BCUT2D eigenvalue weighted by molar-refractivity contribution is -0.148. The van der Waals surface area contributed by atoms with Gasteiger partial charge >= 0.3 is 5.97 Å². The van der Waals surface area contributed by atoms with Crippen LogP contribution in [0.3, 0.4) is 0 Å². The zero-order chi connectivity index (χ0) is 60.6. The number of carbonyl (C=O) groups excluding carboxylic acids is 3. The second-order valence-corrected chi connectivity index (χ2v) is 25.0. The molecule has 2 spiro atoms. The van der Waals surface area contributed by atoms with Crippen LogP contribution in [0.15, 0.2) is 164 Å². The van der Waals surface area contributed by atoms with Crippen LogP contribution in [-0.4, -0.2) is 73.8 Å². The number of ether oxygens (including phenoxy) is 3. The molecule has 14 nitrogen and oxygen atoms in total. The number of ketones is 2. The Labute approximate surface area is 508 Å². The van der Waals surface area contributed by atoms with Gasteiger partial charge in [0.15, 0.2) is 11.5 Å². The average Bonchev–Trinajstić information content (AvgIpc) is 1.62. The number of nitrogens with one attached hydrogen (secondary N) is 2. The number of benzene rings is 5. The number of fused-ring (bicyclic) bond motifs is 4. The number of H-pyrrole nitrogens is 1. The number of aliphatic hydroxyl groups is 1. The van der Waals surface area contributed by atoms with Gasteiger partial charge in [-0.2, -0.15) is 0 Å². The summed E-state index contributed by atoms with van der Waals surface area (Å²) in [5, 5.41) is 52.5. The third-order valence-electron chi connectivity index (χ3n) is 19.3. The van der Waals surface area contributed by atoms with Crippen LogP contribution in [0, 0.1) is 16.7 Å². The van der Waals surface area contributed by atoms with Crippen LogP contribution in [0.4, 0.5) is 5.69 Å². The summed E-state index contributed by atoms with van der Waals surface area (Å²) in [7, 11) is 1.50. The van der Waals surface area contributed by atoms with E-state index in [1.807, 2.05) is 54.6 Å². The number of carbonyl (C=O) groups is 3. The second-order valence-electron chi connectivity index (χ2n) is 25.0. The highest BCUT2D eigenvalue weighted by molar-refractivity contribution is 6.00. The van der Waals surface area contributed by atoms with Gasteiger partial charge in [-0.1, -0.05) is 98.7 Å². The summed E-state index contributed by atoms with van der Waals surface area (Å²) in [6.45, 7) is 6.01. The smallest absolute Gasteiger partial charge is 0.302 e. The molecule has 7 aromatic rings. The molecule has 1 fully saturated rings. The van der Waals surface area contributed by atoms with Crippen LogP contribution in [0.25, 0.3) is 10.8 Å². The first-order chi connectivity index (χ1) is 42.1. The minimum absolute atomic E-state index is 0.00762. The number of esters is 1. The molecule has 14 heteroatoms. The van der Waals surface area contributed by atoms with Gasteiger partial charge in [0.05, 0.1) is 24.9 Å². The summed E-state index contributed by atoms with van der Waals surface area (Å²) < 4.78 is 20.9. The zero-order valence-electron chi connectivity index (χ0n) is 50.1. The second kappa shape index (κ2) is 24.6. The van der Waals surface area contributed by atoms with E-state index < -0.39 is 35.0 Å². The lowest BCUT2D eigenvalue weighted by Gasteiger charge is -2.40. The van der Waals surface area contributed by atoms with E-state index in [1.165, 1.54) is 20.1 Å². The van der Waals surface area contributed by atoms with Crippen molar-refractivity contribution >= 4 is 34.0 Å². The van der Waals surface area contributed by atoms with Gasteiger partial charge in [0.1, 0.15) is 40.7 Å². The van der Waals surface area contributed by atoms with Crippen molar-refractivity contribution in [2.24, 2.45) is 16.7 Å². The third-order valence-corrected chi connectivity index (χ3v) is 19.3. The highest BCUT2D eigenvalue weighted by atomic mass is 16.5. The highest BCUT2D eigenvalue weighted by Gasteiger charge is 2.47. The monoisotopic (exact) mass is 1170 g/mol. The Morgan fingerprint density at radius 3 is 2.40 bits per heavy atom. The number of anilines is 1. The van der Waals surface area contributed by atoms with Crippen LogP contribution in [0.2, 0.25) is 0 Å². The Kier molecular flexibility index (Phi) is 16.5. The lowest BCUT2D eigenvalue weighted by atomic mass is 9.66. The van der Waals surface area contributed by atoms with Gasteiger partial charge in [-0.05, 0) is 163 Å². The molecule has 4 bridgehead atoms. The minimum Gasteiger partial charge on any atom is -0.508 e. The maximum Gasteiger partial charge on any atom is 0.302 e. The molecule has 87 heavy (non-hydrogen) atoms. The Balaban J connectivity index is 1.05. The van der Waals surface area contributed by atoms with Gasteiger partial charge in [-0.25, -0.2) is 0 Å². The van der Waals surface area contributed by atoms with Crippen LogP contribution in [-0.2, 0) is 44.8 Å². The molecule has 3 aliphatic carbocycles. The first-order valence-electron chi connectivity index (χ1n) is 30.8. The largest absolute Gasteiger partial charge is 0.508 e. The Bertz CT molecular complexity index is 3880. The number of hydrogen-bond acceptors (Lipinski definition) is 12. The summed E-state index contributed by atoms with van der Waals surface area (Å²) in [5.41, 5.74) is 8.27. The fourth-order valence-electron chi connectivity index (χ4n) is 14.8. The fraction of sp³-hybridized carbons (Fsp3) is 0.356. The van der Waals surface area contributed by atoms with Crippen molar-refractivity contribution in [2.45, 2.75) is 128 Å². The number of phenols is 3. The van der Waals surface area contributed by atoms with E-state index in [-0.39, 0.29) is 77.2 Å². The predicted octanol–water partition coefficient (Wildman–Crippen LogP) is 13.8. The fourth-order valence-corrected chi connectivity index (χ4v) is 14.8. The van der Waals surface area contributed by atoms with Crippen molar-refractivity contribution in [3.05, 3.63) is 208 Å². The predicted molar refractivity (Wildman–Crippen MR) is 336 cm³/mol. The van der Waals surface area contributed by atoms with Crippen LogP contribution in [0.1, 0.15) is 141 Å². The molecule has 0 unspecified atom stereocenters. The van der Waals surface area contributed by atoms with Gasteiger partial charge in [0, 0.05) is 91.7 Å². The number of aliphatic hydroxyl groups excluding tert-OH is 1. The molecular formula is C73H78N4O10. The number of hydrogen-bond donors (Lipinski definition) is 6. The topological polar surface area (TPSA) is 196 Å². The number of rotatable bonds is 11. The van der Waals surface area contributed by atoms with E-state index in [1.54, 1.807) is 31.2 Å². The molecule has 5 aliphatic rings. The van der Waals surface area contributed by atoms with Crippen LogP contribution in [0.5, 0.6) is 34.5 Å². The molecule has 0 saturated heterocycles. The summed E-state index contributed by atoms with van der Waals surface area (Å²) >= 11 is 0. The molecule has 6 atom stereocenters. The normalized spacial score (nSPS) is 22.7. The van der Waals surface area contributed by atoms with Crippen molar-refractivity contribution < 1.29 is 49.0 Å². The SMILES string of the molecule is COc1cc([C@H]2CC(=O)C[C@H](OC(C)=O)CC[C@@]3(C=CC=C[C@H]3C)Cc3c[nH]cc3C[C@H](c3cccc(O)c3)C3=CCNC(=C3)N(CCC(C)=O)c3ccc4c5c(n2cc35)CC2(CCCC2)[C@@H]4O)cc(O)c1Oc1cc(O)cc(Cc2ccccc2)c1. The Morgan fingerprint density at radius 2 is 1.63 bits per heavy atom. The molecule has 12 rings (SSSR count). The molecule has 2 aliphatic heterocycles. The van der Waals surface area contributed by atoms with Gasteiger partial charge in [0.25, 0.3) is 0 Å². The zero-order valence-corrected chi connectivity index (χ0v) is 50.1. The van der Waals surface area contributed by atoms with Crippen molar-refractivity contribution in [1.29, 1.82) is 0 Å². The molecule has 0 amide bonds. The molecule has 1 saturated carbocycles. The molecular weight excluding hydrogens is 1090 g/mol. The lowest BCUT2D eigenvalue weighted by Crippen LogP contribution is -2.36. The van der Waals surface area contributed by atoms with E-state index in [0.717, 1.165) is 92.6 Å². The number of phenolic OH excluding ortho intramolecular Hbond substituents is 3. The van der Waals surface area contributed by atoms with E-state index in [4.69, 9.17) is 14.2 Å². The number of aromatic nitrogens is 2. The van der Waals surface area contributed by atoms with Crippen molar-refractivity contribution in [1.82, 2.24) is 14.9 Å². The van der Waals surface area contributed by atoms with Gasteiger partial charge in [0.2, 0.25) is 5.75 Å². The molecule has 4 heterocycles. The maximum atomic E-state index is 15.5. The van der Waals surface area contributed by atoms with Crippen molar-refractivity contribution in [3.8, 4) is 34.5 Å². The van der Waals surface area contributed by atoms with E-state index in [0.29, 0.717) is 57.2 Å². The van der Waals surface area contributed by atoms with Crippen molar-refractivity contribution in [3.63, 3.8) is 0 Å². The first kappa shape index (κ1) is 58.6. The van der Waals surface area contributed by atoms with Gasteiger partial charge in [-0.15, -0.1) is 0 Å². The van der Waals surface area contributed by atoms with Crippen LogP contribution >= 0.6 is 0 Å². The number of dihydropyridines is 1. The number of nitrogens with zero attached hydrogens (tertiary/aromatic N) is 2. The molecule has 2 aromatic heterocycles. The summed E-state index contributed by atoms with van der Waals surface area (Å²) in [4.78, 5) is 47.5. The summed E-state index contributed by atoms with van der Waals surface area (Å²) in [6, 6.07) is 29.1. The summed E-state index contributed by atoms with van der Waals surface area (Å²) in [5.74, 6) is 0.447. The molecule has 6 N–H and O–H groups in total. The highest BCUT2D eigenvalue weighted by Crippen LogP contribution is 2.57. The number of aromatic amines is 1. The Hall–Kier alpha value is -8.75. The van der Waals surface area contributed by atoms with Gasteiger partial charge in [-0.3, -0.25) is 14.4 Å². The minimum atomic E-state index is -0.784. The van der Waals surface area contributed by atoms with Crippen LogP contribution < -0.4 is 19.7 Å². The molecule has 5 aromatic carbocycles. The Morgan fingerprint density at radius 1 is 0.816 bits per heavy atom. The van der Waals surface area contributed by atoms with Crippen molar-refractivity contribution in [2.75, 3.05) is 25.1 Å². The quantitative estimate of drug-likeness (QED) is 0.0672. The van der Waals surface area contributed by atoms with E-state index in [2.05, 4.69) is 93.9 Å². The maximum absolute atomic E-state index is 15.5.